The second-order valence-electron chi connectivity index (χ2n) is 4.69. The SMILES string of the molecule is CC1(CNc2ccc3ncsc3c2)COC1. The van der Waals surface area contributed by atoms with E-state index >= 15 is 0 Å². The molecular formula is C12H14N2OS. The first kappa shape index (κ1) is 10.1. The summed E-state index contributed by atoms with van der Waals surface area (Å²) < 4.78 is 6.47. The predicted molar refractivity (Wildman–Crippen MR) is 67.0 cm³/mol. The third kappa shape index (κ3) is 1.79. The number of benzene rings is 1. The molecule has 1 aliphatic rings. The van der Waals surface area contributed by atoms with Gasteiger partial charge in [0.05, 0.1) is 28.9 Å². The third-order valence-corrected chi connectivity index (χ3v) is 3.74. The van der Waals surface area contributed by atoms with Crippen molar-refractivity contribution in [3.05, 3.63) is 23.7 Å². The van der Waals surface area contributed by atoms with Crippen molar-refractivity contribution < 1.29 is 4.74 Å². The van der Waals surface area contributed by atoms with E-state index in [1.165, 1.54) is 10.4 Å². The van der Waals surface area contributed by atoms with E-state index in [1.807, 2.05) is 5.51 Å². The van der Waals surface area contributed by atoms with E-state index in [-0.39, 0.29) is 0 Å². The molecule has 0 spiro atoms. The number of thiazole rings is 1. The van der Waals surface area contributed by atoms with E-state index in [1.54, 1.807) is 11.3 Å². The molecule has 1 aromatic heterocycles. The molecule has 0 amide bonds. The summed E-state index contributed by atoms with van der Waals surface area (Å²) in [4.78, 5) is 4.27. The number of hydrogen-bond donors (Lipinski definition) is 1. The lowest BCUT2D eigenvalue weighted by atomic mass is 9.89. The largest absolute Gasteiger partial charge is 0.384 e. The van der Waals surface area contributed by atoms with Gasteiger partial charge in [0.1, 0.15) is 0 Å². The minimum atomic E-state index is 0.308. The van der Waals surface area contributed by atoms with Crippen LogP contribution in [0.4, 0.5) is 5.69 Å². The average molecular weight is 234 g/mol. The average Bonchev–Trinajstić information content (AvgIpc) is 2.70. The zero-order chi connectivity index (χ0) is 11.0. The van der Waals surface area contributed by atoms with Crippen molar-refractivity contribution in [2.75, 3.05) is 25.1 Å². The topological polar surface area (TPSA) is 34.2 Å². The van der Waals surface area contributed by atoms with Gasteiger partial charge in [-0.3, -0.25) is 0 Å². The van der Waals surface area contributed by atoms with Crippen LogP contribution in [0.5, 0.6) is 0 Å². The Morgan fingerprint density at radius 1 is 1.50 bits per heavy atom. The quantitative estimate of drug-likeness (QED) is 0.886. The van der Waals surface area contributed by atoms with Crippen LogP contribution in [0.25, 0.3) is 10.2 Å². The number of fused-ring (bicyclic) bond motifs is 1. The van der Waals surface area contributed by atoms with Crippen LogP contribution in [0.2, 0.25) is 0 Å². The molecule has 1 fully saturated rings. The summed E-state index contributed by atoms with van der Waals surface area (Å²) in [6.07, 6.45) is 0. The normalized spacial score (nSPS) is 18.3. The van der Waals surface area contributed by atoms with Crippen LogP contribution in [0.15, 0.2) is 23.7 Å². The predicted octanol–water partition coefficient (Wildman–Crippen LogP) is 2.74. The summed E-state index contributed by atoms with van der Waals surface area (Å²) >= 11 is 1.68. The highest BCUT2D eigenvalue weighted by Crippen LogP contribution is 2.28. The molecule has 16 heavy (non-hydrogen) atoms. The van der Waals surface area contributed by atoms with E-state index in [9.17, 15) is 0 Å². The minimum Gasteiger partial charge on any atom is -0.384 e. The number of aromatic nitrogens is 1. The van der Waals surface area contributed by atoms with Crippen LogP contribution in [0.3, 0.4) is 0 Å². The van der Waals surface area contributed by atoms with Gasteiger partial charge in [0.2, 0.25) is 0 Å². The molecule has 0 unspecified atom stereocenters. The Balaban J connectivity index is 1.73. The fourth-order valence-electron chi connectivity index (χ4n) is 1.83. The highest BCUT2D eigenvalue weighted by atomic mass is 32.1. The Morgan fingerprint density at radius 3 is 3.12 bits per heavy atom. The first-order valence-corrected chi connectivity index (χ1v) is 6.28. The van der Waals surface area contributed by atoms with E-state index in [4.69, 9.17) is 4.74 Å². The summed E-state index contributed by atoms with van der Waals surface area (Å²) in [6.45, 7) is 4.94. The highest BCUT2D eigenvalue weighted by Gasteiger charge is 2.32. The number of nitrogens with zero attached hydrogens (tertiary/aromatic N) is 1. The van der Waals surface area contributed by atoms with Crippen LogP contribution < -0.4 is 5.32 Å². The van der Waals surface area contributed by atoms with Crippen molar-refractivity contribution in [3.63, 3.8) is 0 Å². The summed E-state index contributed by atoms with van der Waals surface area (Å²) in [5, 5.41) is 3.47. The summed E-state index contributed by atoms with van der Waals surface area (Å²) in [6, 6.07) is 6.31. The van der Waals surface area contributed by atoms with Gasteiger partial charge in [0.15, 0.2) is 0 Å². The highest BCUT2D eigenvalue weighted by molar-refractivity contribution is 7.16. The summed E-state index contributed by atoms with van der Waals surface area (Å²) in [7, 11) is 0. The molecule has 2 aromatic rings. The van der Waals surface area contributed by atoms with E-state index in [2.05, 4.69) is 35.4 Å². The number of ether oxygens (including phenoxy) is 1. The summed E-state index contributed by atoms with van der Waals surface area (Å²) in [5.74, 6) is 0. The van der Waals surface area contributed by atoms with Crippen molar-refractivity contribution in [2.45, 2.75) is 6.92 Å². The second-order valence-corrected chi connectivity index (χ2v) is 5.58. The van der Waals surface area contributed by atoms with Gasteiger partial charge in [-0.05, 0) is 18.2 Å². The second kappa shape index (κ2) is 3.71. The Bertz CT molecular complexity index is 504. The summed E-state index contributed by atoms with van der Waals surface area (Å²) in [5.41, 5.74) is 4.44. The third-order valence-electron chi connectivity index (χ3n) is 2.95. The molecule has 0 saturated carbocycles. The standard InChI is InChI=1S/C12H14N2OS/c1-12(6-15-7-12)5-13-9-2-3-10-11(4-9)16-8-14-10/h2-4,8,13H,5-7H2,1H3. The maximum atomic E-state index is 5.24. The first-order valence-electron chi connectivity index (χ1n) is 5.40. The maximum Gasteiger partial charge on any atom is 0.0813 e. The lowest BCUT2D eigenvalue weighted by Crippen LogP contribution is -2.45. The minimum absolute atomic E-state index is 0.308. The monoisotopic (exact) mass is 234 g/mol. The van der Waals surface area contributed by atoms with E-state index in [0.717, 1.165) is 25.3 Å². The molecule has 0 radical (unpaired) electrons. The smallest absolute Gasteiger partial charge is 0.0813 e. The van der Waals surface area contributed by atoms with E-state index in [0.29, 0.717) is 5.41 Å². The molecule has 1 saturated heterocycles. The molecule has 2 heterocycles. The Morgan fingerprint density at radius 2 is 2.38 bits per heavy atom. The van der Waals surface area contributed by atoms with Gasteiger partial charge in [-0.2, -0.15) is 0 Å². The number of hydrogen-bond acceptors (Lipinski definition) is 4. The van der Waals surface area contributed by atoms with Gasteiger partial charge in [0.25, 0.3) is 0 Å². The van der Waals surface area contributed by atoms with Gasteiger partial charge in [-0.25, -0.2) is 4.98 Å². The number of anilines is 1. The van der Waals surface area contributed by atoms with Gasteiger partial charge >= 0.3 is 0 Å². The molecular weight excluding hydrogens is 220 g/mol. The Labute approximate surface area is 98.5 Å². The molecule has 0 atom stereocenters. The molecule has 0 bridgehead atoms. The molecule has 1 aromatic carbocycles. The van der Waals surface area contributed by atoms with Gasteiger partial charge in [0, 0.05) is 17.6 Å². The van der Waals surface area contributed by atoms with Crippen LogP contribution >= 0.6 is 11.3 Å². The molecule has 1 N–H and O–H groups in total. The number of nitrogens with one attached hydrogen (secondary N) is 1. The number of rotatable bonds is 3. The van der Waals surface area contributed by atoms with Crippen molar-refractivity contribution in [3.8, 4) is 0 Å². The molecule has 4 heteroatoms. The van der Waals surface area contributed by atoms with Crippen molar-refractivity contribution in [2.24, 2.45) is 5.41 Å². The fraction of sp³-hybridized carbons (Fsp3) is 0.417. The Kier molecular flexibility index (Phi) is 2.33. The zero-order valence-corrected chi connectivity index (χ0v) is 10.0. The maximum absolute atomic E-state index is 5.24. The van der Waals surface area contributed by atoms with Crippen LogP contribution in [-0.2, 0) is 4.74 Å². The van der Waals surface area contributed by atoms with Gasteiger partial charge < -0.3 is 10.1 Å². The van der Waals surface area contributed by atoms with Crippen LogP contribution in [0, 0.1) is 5.41 Å². The molecule has 3 nitrogen and oxygen atoms in total. The zero-order valence-electron chi connectivity index (χ0n) is 9.19. The van der Waals surface area contributed by atoms with Gasteiger partial charge in [-0.1, -0.05) is 6.92 Å². The van der Waals surface area contributed by atoms with Crippen LogP contribution in [0.1, 0.15) is 6.92 Å². The van der Waals surface area contributed by atoms with Crippen molar-refractivity contribution in [1.82, 2.24) is 4.98 Å². The molecule has 84 valence electrons. The lowest BCUT2D eigenvalue weighted by Gasteiger charge is -2.38. The van der Waals surface area contributed by atoms with E-state index < -0.39 is 0 Å². The van der Waals surface area contributed by atoms with Gasteiger partial charge in [-0.15, -0.1) is 11.3 Å². The van der Waals surface area contributed by atoms with Crippen molar-refractivity contribution in [1.29, 1.82) is 0 Å². The Hall–Kier alpha value is -1.13. The first-order chi connectivity index (χ1) is 7.75. The fourth-order valence-corrected chi connectivity index (χ4v) is 2.55. The molecule has 3 rings (SSSR count). The molecule has 0 aliphatic carbocycles. The lowest BCUT2D eigenvalue weighted by molar-refractivity contribution is -0.0924. The van der Waals surface area contributed by atoms with Crippen molar-refractivity contribution >= 4 is 27.2 Å². The molecule has 1 aliphatic heterocycles. The van der Waals surface area contributed by atoms with Crippen LogP contribution in [-0.4, -0.2) is 24.7 Å².